The van der Waals surface area contributed by atoms with Crippen molar-refractivity contribution in [1.29, 1.82) is 0 Å². The van der Waals surface area contributed by atoms with E-state index in [9.17, 15) is 9.59 Å². The van der Waals surface area contributed by atoms with E-state index in [0.29, 0.717) is 11.1 Å². The highest BCUT2D eigenvalue weighted by molar-refractivity contribution is 7.80. The molecule has 1 aromatic carbocycles. The van der Waals surface area contributed by atoms with Crippen LogP contribution in [-0.4, -0.2) is 39.6 Å². The molecular weight excluding hydrogens is 376 g/mol. The fraction of sp³-hybridized carbons (Fsp3) is 0.333. The number of benzene rings is 1. The van der Waals surface area contributed by atoms with Crippen LogP contribution in [0.5, 0.6) is 0 Å². The third kappa shape index (κ3) is 3.49. The number of thiocarbonyl (C=S) groups is 1. The quantitative estimate of drug-likeness (QED) is 0.569. The number of ether oxygens (including phenoxy) is 2. The Kier molecular flexibility index (Phi) is 5.74. The molecule has 1 amide bonds. The third-order valence-electron chi connectivity index (χ3n) is 4.87. The molecule has 2 atom stereocenters. The molecule has 1 aliphatic heterocycles. The lowest BCUT2D eigenvalue weighted by atomic mass is 9.88. The van der Waals surface area contributed by atoms with Crippen molar-refractivity contribution in [1.82, 2.24) is 9.88 Å². The van der Waals surface area contributed by atoms with E-state index in [4.69, 9.17) is 21.7 Å². The van der Waals surface area contributed by atoms with Crippen LogP contribution in [0.1, 0.15) is 42.3 Å². The average molecular weight is 398 g/mol. The second-order valence-electron chi connectivity index (χ2n) is 6.59. The number of aromatic nitrogens is 1. The van der Waals surface area contributed by atoms with Crippen LogP contribution in [0.3, 0.4) is 0 Å². The van der Waals surface area contributed by atoms with E-state index >= 15 is 0 Å². The highest BCUT2D eigenvalue weighted by atomic mass is 32.1. The number of pyridine rings is 1. The van der Waals surface area contributed by atoms with Gasteiger partial charge in [-0.1, -0.05) is 19.1 Å². The van der Waals surface area contributed by atoms with Crippen LogP contribution >= 0.6 is 12.2 Å². The van der Waals surface area contributed by atoms with Crippen molar-refractivity contribution >= 4 is 29.3 Å². The third-order valence-corrected chi connectivity index (χ3v) is 5.15. The molecule has 3 rings (SSSR count). The molecule has 28 heavy (non-hydrogen) atoms. The summed E-state index contributed by atoms with van der Waals surface area (Å²) in [6, 6.07) is 9.66. The fourth-order valence-corrected chi connectivity index (χ4v) is 3.67. The summed E-state index contributed by atoms with van der Waals surface area (Å²) in [4.78, 5) is 31.3. The largest absolute Gasteiger partial charge is 0.464 e. The monoisotopic (exact) mass is 398 g/mol. The Labute approximate surface area is 169 Å². The topological polar surface area (TPSA) is 68.7 Å². The van der Waals surface area contributed by atoms with E-state index in [0.717, 1.165) is 12.0 Å². The van der Waals surface area contributed by atoms with Crippen LogP contribution in [0.15, 0.2) is 48.8 Å². The Morgan fingerprint density at radius 2 is 1.82 bits per heavy atom. The van der Waals surface area contributed by atoms with E-state index in [1.165, 1.54) is 4.90 Å². The molecule has 0 spiro atoms. The number of amides is 1. The van der Waals surface area contributed by atoms with E-state index in [-0.39, 0.29) is 11.8 Å². The molecule has 0 bridgehead atoms. The molecule has 2 heterocycles. The minimum Gasteiger partial charge on any atom is -0.464 e. The van der Waals surface area contributed by atoms with Crippen molar-refractivity contribution in [2.45, 2.75) is 38.8 Å². The van der Waals surface area contributed by atoms with Crippen LogP contribution in [0, 0.1) is 0 Å². The van der Waals surface area contributed by atoms with E-state index in [1.54, 1.807) is 50.5 Å². The number of hydrogen-bond donors (Lipinski definition) is 0. The molecule has 0 aliphatic carbocycles. The summed E-state index contributed by atoms with van der Waals surface area (Å²) in [7, 11) is 0. The first-order valence-corrected chi connectivity index (χ1v) is 9.55. The SMILES string of the molecule is CCOC(=O)[C@H]1N(C(=O)c2ccc(CC)cc2)C(=S)O[C@]1(C)c1ccncc1. The predicted molar refractivity (Wildman–Crippen MR) is 108 cm³/mol. The number of hydrogen-bond acceptors (Lipinski definition) is 6. The van der Waals surface area contributed by atoms with Gasteiger partial charge in [0.15, 0.2) is 11.6 Å². The molecule has 1 aliphatic rings. The normalized spacial score (nSPS) is 21.3. The number of carbonyl (C=O) groups excluding carboxylic acids is 2. The van der Waals surface area contributed by atoms with Crippen LogP contribution in [0.2, 0.25) is 0 Å². The van der Waals surface area contributed by atoms with Gasteiger partial charge in [0.25, 0.3) is 11.1 Å². The highest BCUT2D eigenvalue weighted by Gasteiger charge is 2.57. The van der Waals surface area contributed by atoms with Crippen molar-refractivity contribution in [2.24, 2.45) is 0 Å². The Bertz CT molecular complexity index is 885. The molecule has 1 aromatic heterocycles. The summed E-state index contributed by atoms with van der Waals surface area (Å²) in [5, 5.41) is -0.0538. The number of aryl methyl sites for hydroxylation is 1. The zero-order chi connectivity index (χ0) is 20.3. The van der Waals surface area contributed by atoms with Crippen molar-refractivity contribution in [2.75, 3.05) is 6.61 Å². The molecule has 6 nitrogen and oxygen atoms in total. The maximum absolute atomic E-state index is 13.2. The van der Waals surface area contributed by atoms with Gasteiger partial charge in [0, 0.05) is 23.5 Å². The maximum Gasteiger partial charge on any atom is 0.333 e. The molecule has 146 valence electrons. The van der Waals surface area contributed by atoms with Gasteiger partial charge in [0.1, 0.15) is 0 Å². The average Bonchev–Trinajstić information content (AvgIpc) is 2.99. The zero-order valence-electron chi connectivity index (χ0n) is 16.0. The Morgan fingerprint density at radius 1 is 1.18 bits per heavy atom. The summed E-state index contributed by atoms with van der Waals surface area (Å²) in [5.74, 6) is -0.969. The Hall–Kier alpha value is -2.80. The molecule has 1 saturated heterocycles. The number of carbonyl (C=O) groups is 2. The van der Waals surface area contributed by atoms with Gasteiger partial charge >= 0.3 is 5.97 Å². The van der Waals surface area contributed by atoms with Crippen molar-refractivity contribution in [3.63, 3.8) is 0 Å². The Morgan fingerprint density at radius 3 is 2.39 bits per heavy atom. The Balaban J connectivity index is 2.04. The van der Waals surface area contributed by atoms with Gasteiger partial charge < -0.3 is 9.47 Å². The van der Waals surface area contributed by atoms with Gasteiger partial charge in [-0.2, -0.15) is 0 Å². The fourth-order valence-electron chi connectivity index (χ4n) is 3.31. The maximum atomic E-state index is 13.2. The number of esters is 1. The molecule has 0 unspecified atom stereocenters. The smallest absolute Gasteiger partial charge is 0.333 e. The lowest BCUT2D eigenvalue weighted by Crippen LogP contribution is -2.50. The summed E-state index contributed by atoms with van der Waals surface area (Å²) in [6.07, 6.45) is 4.07. The van der Waals surface area contributed by atoms with Crippen LogP contribution in [0.4, 0.5) is 0 Å². The van der Waals surface area contributed by atoms with Crippen molar-refractivity contribution in [3.8, 4) is 0 Å². The summed E-state index contributed by atoms with van der Waals surface area (Å²) >= 11 is 5.35. The van der Waals surface area contributed by atoms with Crippen LogP contribution in [0.25, 0.3) is 0 Å². The van der Waals surface area contributed by atoms with E-state index in [1.807, 2.05) is 19.1 Å². The molecule has 1 fully saturated rings. The molecule has 0 N–H and O–H groups in total. The first-order chi connectivity index (χ1) is 13.4. The second-order valence-corrected chi connectivity index (χ2v) is 6.94. The van der Waals surface area contributed by atoms with Gasteiger partial charge in [0.05, 0.1) is 6.61 Å². The summed E-state index contributed by atoms with van der Waals surface area (Å²) in [5.41, 5.74) is 1.04. The van der Waals surface area contributed by atoms with Crippen molar-refractivity contribution < 1.29 is 19.1 Å². The highest BCUT2D eigenvalue weighted by Crippen LogP contribution is 2.40. The van der Waals surface area contributed by atoms with Gasteiger partial charge in [0.2, 0.25) is 0 Å². The van der Waals surface area contributed by atoms with E-state index < -0.39 is 23.5 Å². The number of rotatable bonds is 5. The van der Waals surface area contributed by atoms with Crippen LogP contribution in [-0.2, 0) is 26.3 Å². The standard InChI is InChI=1S/C21H22N2O4S/c1-4-14-6-8-15(9-7-14)18(24)23-17(19(25)26-5-2)21(3,27-20(23)28)16-10-12-22-13-11-16/h6-13,17H,4-5H2,1-3H3/t17-,21-/m1/s1. The minimum absolute atomic E-state index is 0.0538. The first-order valence-electron chi connectivity index (χ1n) is 9.15. The lowest BCUT2D eigenvalue weighted by molar-refractivity contribution is -0.151. The van der Waals surface area contributed by atoms with Gasteiger partial charge in [-0.3, -0.25) is 14.7 Å². The summed E-state index contributed by atoms with van der Waals surface area (Å²) < 4.78 is 11.2. The molecular formula is C21H22N2O4S. The molecule has 7 heteroatoms. The minimum atomic E-state index is -1.18. The molecule has 0 saturated carbocycles. The molecule has 0 radical (unpaired) electrons. The van der Waals surface area contributed by atoms with Crippen molar-refractivity contribution in [3.05, 3.63) is 65.5 Å². The van der Waals surface area contributed by atoms with Gasteiger partial charge in [-0.15, -0.1) is 0 Å². The second kappa shape index (κ2) is 8.06. The predicted octanol–water partition coefficient (Wildman–Crippen LogP) is 3.25. The van der Waals surface area contributed by atoms with Crippen LogP contribution < -0.4 is 0 Å². The van der Waals surface area contributed by atoms with Gasteiger partial charge in [-0.05, 0) is 62.3 Å². The van der Waals surface area contributed by atoms with E-state index in [2.05, 4.69) is 4.98 Å². The first kappa shape index (κ1) is 19.9. The molecule has 2 aromatic rings. The number of nitrogens with zero attached hydrogens (tertiary/aromatic N) is 2. The van der Waals surface area contributed by atoms with Gasteiger partial charge in [-0.25, -0.2) is 4.79 Å². The summed E-state index contributed by atoms with van der Waals surface area (Å²) in [6.45, 7) is 5.66. The zero-order valence-corrected chi connectivity index (χ0v) is 16.9. The lowest BCUT2D eigenvalue weighted by Gasteiger charge is -2.30.